The van der Waals surface area contributed by atoms with Gasteiger partial charge in [0, 0.05) is 32.0 Å². The van der Waals surface area contributed by atoms with E-state index < -0.39 is 11.7 Å². The van der Waals surface area contributed by atoms with Gasteiger partial charge in [0.2, 0.25) is 0 Å². The Kier molecular flexibility index (Phi) is 7.06. The minimum absolute atomic E-state index is 0.173. The van der Waals surface area contributed by atoms with Crippen LogP contribution in [-0.4, -0.2) is 28.8 Å². The van der Waals surface area contributed by atoms with E-state index in [9.17, 15) is 13.2 Å². The Hall–Kier alpha value is -2.51. The minimum atomic E-state index is -4.34. The second kappa shape index (κ2) is 9.26. The summed E-state index contributed by atoms with van der Waals surface area (Å²) >= 11 is 0. The van der Waals surface area contributed by atoms with E-state index in [1.54, 1.807) is 12.3 Å². The summed E-state index contributed by atoms with van der Waals surface area (Å²) in [5.41, 5.74) is -0.141. The normalized spacial score (nSPS) is 13.5. The smallest absolute Gasteiger partial charge is 0.357 e. The van der Waals surface area contributed by atoms with Gasteiger partial charge < -0.3 is 10.6 Å². The highest BCUT2D eigenvalue weighted by molar-refractivity contribution is 5.79. The molecule has 26 heavy (non-hydrogen) atoms. The Balaban J connectivity index is 1.93. The summed E-state index contributed by atoms with van der Waals surface area (Å²) < 4.78 is 40.2. The van der Waals surface area contributed by atoms with Crippen molar-refractivity contribution in [3.05, 3.63) is 53.9 Å². The van der Waals surface area contributed by atoms with Crippen LogP contribution in [0, 0.1) is 5.92 Å². The zero-order chi connectivity index (χ0) is 19.0. The van der Waals surface area contributed by atoms with Gasteiger partial charge in [0.15, 0.2) is 5.96 Å². The van der Waals surface area contributed by atoms with Crippen LogP contribution in [0.15, 0.2) is 47.7 Å². The summed E-state index contributed by atoms with van der Waals surface area (Å²) in [6.45, 7) is 6.32. The molecule has 0 aliphatic carbocycles. The molecule has 1 atom stereocenters. The van der Waals surface area contributed by atoms with Gasteiger partial charge >= 0.3 is 6.18 Å². The topological polar surface area (TPSA) is 54.2 Å². The maximum Gasteiger partial charge on any atom is 0.416 e. The predicted octanol–water partition coefficient (Wildman–Crippen LogP) is 3.29. The van der Waals surface area contributed by atoms with Crippen LogP contribution < -0.4 is 10.6 Å². The lowest BCUT2D eigenvalue weighted by Crippen LogP contribution is -2.40. The lowest BCUT2D eigenvalue weighted by atomic mass is 10.1. The molecular formula is C18H24F3N5. The fraction of sp³-hybridized carbons (Fsp3) is 0.444. The van der Waals surface area contributed by atoms with E-state index in [0.29, 0.717) is 30.5 Å². The van der Waals surface area contributed by atoms with Crippen LogP contribution in [0.1, 0.15) is 25.0 Å². The number of halogens is 3. The van der Waals surface area contributed by atoms with Gasteiger partial charge in [-0.1, -0.05) is 19.1 Å². The highest BCUT2D eigenvalue weighted by Crippen LogP contribution is 2.29. The fourth-order valence-electron chi connectivity index (χ4n) is 2.42. The molecule has 5 nitrogen and oxygen atoms in total. The van der Waals surface area contributed by atoms with Gasteiger partial charge in [-0.2, -0.15) is 18.3 Å². The van der Waals surface area contributed by atoms with Crippen LogP contribution in [0.2, 0.25) is 0 Å². The predicted molar refractivity (Wildman–Crippen MR) is 95.7 cm³/mol. The molecule has 0 aliphatic heterocycles. The molecule has 2 N–H and O–H groups in total. The van der Waals surface area contributed by atoms with Crippen LogP contribution in [0.3, 0.4) is 0 Å². The number of benzene rings is 1. The third-order valence-corrected chi connectivity index (χ3v) is 3.69. The SMILES string of the molecule is CCNC(=NCc1cccc(C(F)(F)F)c1)NCC(C)Cn1cccn1. The van der Waals surface area contributed by atoms with Crippen molar-refractivity contribution in [3.8, 4) is 0 Å². The monoisotopic (exact) mass is 367 g/mol. The molecule has 0 spiro atoms. The van der Waals surface area contributed by atoms with Gasteiger partial charge in [0.05, 0.1) is 12.1 Å². The van der Waals surface area contributed by atoms with Gasteiger partial charge in [-0.15, -0.1) is 0 Å². The van der Waals surface area contributed by atoms with Crippen LogP contribution in [-0.2, 0) is 19.3 Å². The molecule has 1 aromatic carbocycles. The van der Waals surface area contributed by atoms with Gasteiger partial charge in [-0.25, -0.2) is 4.99 Å². The summed E-state index contributed by atoms with van der Waals surface area (Å²) in [6.07, 6.45) is -0.700. The van der Waals surface area contributed by atoms with Gasteiger partial charge in [-0.05, 0) is 36.6 Å². The van der Waals surface area contributed by atoms with E-state index in [0.717, 1.165) is 18.7 Å². The van der Waals surface area contributed by atoms with Crippen LogP contribution in [0.4, 0.5) is 13.2 Å². The second-order valence-corrected chi connectivity index (χ2v) is 6.11. The number of aliphatic imine (C=N–C) groups is 1. The first kappa shape index (κ1) is 19.8. The molecule has 1 unspecified atom stereocenters. The van der Waals surface area contributed by atoms with Crippen molar-refractivity contribution in [1.82, 2.24) is 20.4 Å². The van der Waals surface area contributed by atoms with Crippen LogP contribution in [0.5, 0.6) is 0 Å². The van der Waals surface area contributed by atoms with Crippen LogP contribution in [0.25, 0.3) is 0 Å². The average Bonchev–Trinajstić information content (AvgIpc) is 3.10. The molecule has 0 saturated carbocycles. The zero-order valence-electron chi connectivity index (χ0n) is 14.9. The van der Waals surface area contributed by atoms with Gasteiger partial charge in [-0.3, -0.25) is 4.68 Å². The zero-order valence-corrected chi connectivity index (χ0v) is 14.9. The number of nitrogens with zero attached hydrogens (tertiary/aromatic N) is 3. The van der Waals surface area contributed by atoms with Crippen molar-refractivity contribution in [3.63, 3.8) is 0 Å². The van der Waals surface area contributed by atoms with Crippen molar-refractivity contribution < 1.29 is 13.2 Å². The van der Waals surface area contributed by atoms with Crippen molar-refractivity contribution in [2.75, 3.05) is 13.1 Å². The maximum atomic E-state index is 12.8. The second-order valence-electron chi connectivity index (χ2n) is 6.11. The van der Waals surface area contributed by atoms with Gasteiger partial charge in [0.25, 0.3) is 0 Å². The highest BCUT2D eigenvalue weighted by Gasteiger charge is 2.30. The van der Waals surface area contributed by atoms with Crippen molar-refractivity contribution >= 4 is 5.96 Å². The summed E-state index contributed by atoms with van der Waals surface area (Å²) in [6, 6.07) is 7.12. The summed E-state index contributed by atoms with van der Waals surface area (Å²) in [5, 5.41) is 10.5. The van der Waals surface area contributed by atoms with Crippen molar-refractivity contribution in [2.24, 2.45) is 10.9 Å². The van der Waals surface area contributed by atoms with Crippen molar-refractivity contribution in [1.29, 1.82) is 0 Å². The first-order valence-electron chi connectivity index (χ1n) is 8.54. The molecule has 2 rings (SSSR count). The molecule has 0 fully saturated rings. The number of guanidine groups is 1. The quantitative estimate of drug-likeness (QED) is 0.583. The number of nitrogens with one attached hydrogen (secondary N) is 2. The number of rotatable bonds is 7. The lowest BCUT2D eigenvalue weighted by Gasteiger charge is -2.16. The third-order valence-electron chi connectivity index (χ3n) is 3.69. The molecule has 142 valence electrons. The molecule has 0 bridgehead atoms. The molecule has 0 amide bonds. The molecule has 0 saturated heterocycles. The number of aromatic nitrogens is 2. The summed E-state index contributed by atoms with van der Waals surface area (Å²) in [4.78, 5) is 4.38. The van der Waals surface area contributed by atoms with Crippen molar-refractivity contribution in [2.45, 2.75) is 33.1 Å². The first-order chi connectivity index (χ1) is 12.4. The Morgan fingerprint density at radius 1 is 1.27 bits per heavy atom. The largest absolute Gasteiger partial charge is 0.416 e. The Morgan fingerprint density at radius 2 is 2.08 bits per heavy atom. The average molecular weight is 367 g/mol. The van der Waals surface area contributed by atoms with E-state index in [1.165, 1.54) is 6.07 Å². The fourth-order valence-corrected chi connectivity index (χ4v) is 2.42. The maximum absolute atomic E-state index is 12.8. The summed E-state index contributed by atoms with van der Waals surface area (Å²) in [7, 11) is 0. The molecule has 1 heterocycles. The first-order valence-corrected chi connectivity index (χ1v) is 8.54. The number of hydrogen-bond donors (Lipinski definition) is 2. The molecule has 8 heteroatoms. The molecule has 1 aromatic heterocycles. The van der Waals surface area contributed by atoms with Crippen LogP contribution >= 0.6 is 0 Å². The number of hydrogen-bond acceptors (Lipinski definition) is 2. The Morgan fingerprint density at radius 3 is 2.73 bits per heavy atom. The highest BCUT2D eigenvalue weighted by atomic mass is 19.4. The van der Waals surface area contributed by atoms with Gasteiger partial charge in [0.1, 0.15) is 0 Å². The third kappa shape index (κ3) is 6.42. The van der Waals surface area contributed by atoms with E-state index >= 15 is 0 Å². The Bertz CT molecular complexity index is 695. The lowest BCUT2D eigenvalue weighted by molar-refractivity contribution is -0.137. The molecule has 0 aliphatic rings. The number of alkyl halides is 3. The Labute approximate surface area is 151 Å². The minimum Gasteiger partial charge on any atom is -0.357 e. The molecule has 0 radical (unpaired) electrons. The van der Waals surface area contributed by atoms with E-state index in [2.05, 4.69) is 27.6 Å². The standard InChI is InChI=1S/C18H24F3N5/c1-3-22-17(23-11-14(2)13-26-9-5-8-25-26)24-12-15-6-4-7-16(10-15)18(19,20)21/h4-10,14H,3,11-13H2,1-2H3,(H2,22,23,24). The molecule has 2 aromatic rings. The summed E-state index contributed by atoms with van der Waals surface area (Å²) in [5.74, 6) is 0.893. The van der Waals surface area contributed by atoms with E-state index in [-0.39, 0.29) is 6.54 Å². The molecular weight excluding hydrogens is 343 g/mol. The van der Waals surface area contributed by atoms with E-state index in [1.807, 2.05) is 23.9 Å². The van der Waals surface area contributed by atoms with E-state index in [4.69, 9.17) is 0 Å².